The van der Waals surface area contributed by atoms with Gasteiger partial charge in [-0.2, -0.15) is 5.10 Å². The Morgan fingerprint density at radius 2 is 2.33 bits per heavy atom. The summed E-state index contributed by atoms with van der Waals surface area (Å²) < 4.78 is 1.86. The predicted octanol–water partition coefficient (Wildman–Crippen LogP) is 2.45. The van der Waals surface area contributed by atoms with E-state index in [0.29, 0.717) is 12.1 Å². The van der Waals surface area contributed by atoms with Gasteiger partial charge in [0.05, 0.1) is 17.2 Å². The minimum Gasteiger partial charge on any atom is -0.347 e. The van der Waals surface area contributed by atoms with Crippen LogP contribution in [0.4, 0.5) is 0 Å². The number of carbonyl (C=O) groups excluding carboxylic acids is 1. The number of fused-ring (bicyclic) bond motifs is 1. The molecule has 0 radical (unpaired) electrons. The number of nitrogens with zero attached hydrogens (tertiary/aromatic N) is 4. The lowest BCUT2D eigenvalue weighted by Gasteiger charge is -2.23. The lowest BCUT2D eigenvalue weighted by atomic mass is 10.1. The first-order chi connectivity index (χ1) is 11.7. The number of hydrogen-bond acceptors (Lipinski definition) is 5. The van der Waals surface area contributed by atoms with Gasteiger partial charge in [0.1, 0.15) is 12.2 Å². The van der Waals surface area contributed by atoms with E-state index in [1.807, 2.05) is 41.3 Å². The number of aryl methyl sites for hydroxylation is 2. The Balaban J connectivity index is 1.49. The Morgan fingerprint density at radius 1 is 1.42 bits per heavy atom. The topological polar surface area (TPSA) is 72.7 Å². The zero-order valence-corrected chi connectivity index (χ0v) is 14.1. The molecular formula is C17H17N5OS. The maximum Gasteiger partial charge on any atom is 0.251 e. The van der Waals surface area contributed by atoms with Crippen LogP contribution in [0.15, 0.2) is 36.0 Å². The average molecular weight is 339 g/mol. The van der Waals surface area contributed by atoms with E-state index >= 15 is 0 Å². The van der Waals surface area contributed by atoms with Crippen LogP contribution in [0.3, 0.4) is 0 Å². The van der Waals surface area contributed by atoms with Crippen molar-refractivity contribution in [3.05, 3.63) is 52.4 Å². The number of carbonyl (C=O) groups is 1. The van der Waals surface area contributed by atoms with Gasteiger partial charge >= 0.3 is 0 Å². The molecule has 3 heterocycles. The lowest BCUT2D eigenvalue weighted by Crippen LogP contribution is -2.41. The summed E-state index contributed by atoms with van der Waals surface area (Å²) >= 11 is 1.61. The van der Waals surface area contributed by atoms with Crippen molar-refractivity contribution in [3.8, 4) is 11.3 Å². The van der Waals surface area contributed by atoms with Gasteiger partial charge in [-0.15, -0.1) is 11.3 Å². The largest absolute Gasteiger partial charge is 0.347 e. The fraction of sp³-hybridized carbons (Fsp3) is 0.294. The first kappa shape index (κ1) is 15.0. The molecule has 1 aliphatic rings. The fourth-order valence-corrected chi connectivity index (χ4v) is 3.56. The maximum atomic E-state index is 12.6. The molecule has 6 nitrogen and oxygen atoms in total. The molecule has 1 aliphatic heterocycles. The molecular weight excluding hydrogens is 322 g/mol. The first-order valence-electron chi connectivity index (χ1n) is 7.89. The van der Waals surface area contributed by atoms with Crippen molar-refractivity contribution in [2.75, 3.05) is 0 Å². The highest BCUT2D eigenvalue weighted by Gasteiger charge is 2.21. The van der Waals surface area contributed by atoms with Gasteiger partial charge in [0.25, 0.3) is 5.91 Å². The van der Waals surface area contributed by atoms with Crippen LogP contribution in [0, 0.1) is 6.92 Å². The minimum atomic E-state index is -0.0580. The highest BCUT2D eigenvalue weighted by molar-refractivity contribution is 7.09. The molecule has 1 amide bonds. The number of benzene rings is 1. The SMILES string of the molecule is Cc1nc(-c2cccc(C(=O)NC3CCc4ncnn4C3)c2)cs1. The second-order valence-corrected chi connectivity index (χ2v) is 6.96. The number of amides is 1. The Kier molecular flexibility index (Phi) is 3.86. The minimum absolute atomic E-state index is 0.0580. The molecule has 3 aromatic rings. The maximum absolute atomic E-state index is 12.6. The predicted molar refractivity (Wildman–Crippen MR) is 91.9 cm³/mol. The van der Waals surface area contributed by atoms with Crippen LogP contribution < -0.4 is 5.32 Å². The molecule has 1 unspecified atom stereocenters. The van der Waals surface area contributed by atoms with E-state index in [1.165, 1.54) is 0 Å². The second kappa shape index (κ2) is 6.16. The van der Waals surface area contributed by atoms with Crippen molar-refractivity contribution in [2.24, 2.45) is 0 Å². The van der Waals surface area contributed by atoms with E-state index in [-0.39, 0.29) is 11.9 Å². The van der Waals surface area contributed by atoms with Crippen molar-refractivity contribution < 1.29 is 4.79 Å². The summed E-state index contributed by atoms with van der Waals surface area (Å²) in [4.78, 5) is 21.3. The monoisotopic (exact) mass is 339 g/mol. The van der Waals surface area contributed by atoms with E-state index in [1.54, 1.807) is 17.7 Å². The standard InChI is InChI=1S/C17H17N5OS/c1-11-20-15(9-24-11)12-3-2-4-13(7-12)17(23)21-14-5-6-16-18-10-19-22(16)8-14/h2-4,7,9-10,14H,5-6,8H2,1H3,(H,21,23). The molecule has 1 aromatic carbocycles. The van der Waals surface area contributed by atoms with Crippen molar-refractivity contribution in [1.82, 2.24) is 25.1 Å². The van der Waals surface area contributed by atoms with Gasteiger partial charge < -0.3 is 5.32 Å². The number of nitrogens with one attached hydrogen (secondary N) is 1. The molecule has 0 spiro atoms. The van der Waals surface area contributed by atoms with Crippen LogP contribution in [0.2, 0.25) is 0 Å². The number of thiazole rings is 1. The normalized spacial score (nSPS) is 16.6. The highest BCUT2D eigenvalue weighted by Crippen LogP contribution is 2.22. The fourth-order valence-electron chi connectivity index (χ4n) is 2.94. The van der Waals surface area contributed by atoms with Gasteiger partial charge in [-0.05, 0) is 25.5 Å². The van der Waals surface area contributed by atoms with E-state index in [0.717, 1.165) is 34.9 Å². The second-order valence-electron chi connectivity index (χ2n) is 5.90. The molecule has 122 valence electrons. The highest BCUT2D eigenvalue weighted by atomic mass is 32.1. The van der Waals surface area contributed by atoms with Gasteiger partial charge in [-0.1, -0.05) is 12.1 Å². The number of aromatic nitrogens is 4. The van der Waals surface area contributed by atoms with Crippen molar-refractivity contribution in [2.45, 2.75) is 32.4 Å². The molecule has 24 heavy (non-hydrogen) atoms. The third-order valence-electron chi connectivity index (χ3n) is 4.18. The van der Waals surface area contributed by atoms with E-state index in [9.17, 15) is 4.79 Å². The van der Waals surface area contributed by atoms with Crippen LogP contribution in [0.5, 0.6) is 0 Å². The summed E-state index contributed by atoms with van der Waals surface area (Å²) in [5, 5.41) is 10.3. The van der Waals surface area contributed by atoms with Crippen LogP contribution >= 0.6 is 11.3 Å². The van der Waals surface area contributed by atoms with E-state index < -0.39 is 0 Å². The molecule has 4 rings (SSSR count). The van der Waals surface area contributed by atoms with Crippen LogP contribution in [0.1, 0.15) is 27.6 Å². The van der Waals surface area contributed by atoms with E-state index in [2.05, 4.69) is 20.4 Å². The quantitative estimate of drug-likeness (QED) is 0.795. The Bertz CT molecular complexity index is 885. The first-order valence-corrected chi connectivity index (χ1v) is 8.77. The number of hydrogen-bond donors (Lipinski definition) is 1. The molecule has 0 bridgehead atoms. The molecule has 1 N–H and O–H groups in total. The zero-order valence-electron chi connectivity index (χ0n) is 13.3. The summed E-state index contributed by atoms with van der Waals surface area (Å²) in [5.74, 6) is 0.929. The molecule has 0 saturated carbocycles. The van der Waals surface area contributed by atoms with Crippen LogP contribution in [-0.4, -0.2) is 31.7 Å². The van der Waals surface area contributed by atoms with Gasteiger partial charge in [0.15, 0.2) is 0 Å². The van der Waals surface area contributed by atoms with Crippen LogP contribution in [0.25, 0.3) is 11.3 Å². The van der Waals surface area contributed by atoms with Gasteiger partial charge in [-0.25, -0.2) is 14.6 Å². The smallest absolute Gasteiger partial charge is 0.251 e. The van der Waals surface area contributed by atoms with Gasteiger partial charge in [0, 0.05) is 29.0 Å². The molecule has 7 heteroatoms. The van der Waals surface area contributed by atoms with Gasteiger partial charge in [0.2, 0.25) is 0 Å². The molecule has 2 aromatic heterocycles. The number of rotatable bonds is 3. The third-order valence-corrected chi connectivity index (χ3v) is 4.95. The Hall–Kier alpha value is -2.54. The average Bonchev–Trinajstić information content (AvgIpc) is 3.23. The van der Waals surface area contributed by atoms with E-state index in [4.69, 9.17) is 0 Å². The van der Waals surface area contributed by atoms with Gasteiger partial charge in [-0.3, -0.25) is 4.79 Å². The van der Waals surface area contributed by atoms with Crippen LogP contribution in [-0.2, 0) is 13.0 Å². The summed E-state index contributed by atoms with van der Waals surface area (Å²) in [6.45, 7) is 2.65. The zero-order chi connectivity index (χ0) is 16.5. The third kappa shape index (κ3) is 2.94. The molecule has 0 aliphatic carbocycles. The Morgan fingerprint density at radius 3 is 3.17 bits per heavy atom. The molecule has 1 atom stereocenters. The summed E-state index contributed by atoms with van der Waals surface area (Å²) in [7, 11) is 0. The lowest BCUT2D eigenvalue weighted by molar-refractivity contribution is 0.0926. The van der Waals surface area contributed by atoms with Crippen molar-refractivity contribution >= 4 is 17.2 Å². The molecule has 0 saturated heterocycles. The van der Waals surface area contributed by atoms with Crippen molar-refractivity contribution in [1.29, 1.82) is 0 Å². The summed E-state index contributed by atoms with van der Waals surface area (Å²) in [6, 6.07) is 7.69. The molecule has 0 fully saturated rings. The Labute approximate surface area is 143 Å². The summed E-state index contributed by atoms with van der Waals surface area (Å²) in [5.41, 5.74) is 2.54. The van der Waals surface area contributed by atoms with Crippen molar-refractivity contribution in [3.63, 3.8) is 0 Å². The summed E-state index contributed by atoms with van der Waals surface area (Å²) in [6.07, 6.45) is 3.29.